The fraction of sp³-hybridized carbons (Fsp3) is 0. The Labute approximate surface area is 340 Å². The summed E-state index contributed by atoms with van der Waals surface area (Å²) in [6, 6.07) is 66.7. The summed E-state index contributed by atoms with van der Waals surface area (Å²) in [6.07, 6.45) is 1.47. The molecule has 3 heterocycles. The van der Waals surface area contributed by atoms with Gasteiger partial charge in [0.1, 0.15) is 0 Å². The molecule has 0 unspecified atom stereocenters. The minimum atomic E-state index is 0.614. The lowest BCUT2D eigenvalue weighted by Crippen LogP contribution is -2.01. The van der Waals surface area contributed by atoms with Gasteiger partial charge in [-0.3, -0.25) is 0 Å². The predicted molar refractivity (Wildman–Crippen MR) is 242 cm³/mol. The Kier molecular flexibility index (Phi) is 8.15. The number of fused-ring (bicyclic) bond motifs is 6. The highest BCUT2D eigenvalue weighted by Crippen LogP contribution is 2.39. The van der Waals surface area contributed by atoms with Crippen molar-refractivity contribution in [1.29, 1.82) is 5.41 Å². The molecule has 0 fully saturated rings. The smallest absolute Gasteiger partial charge is 0.164 e. The number of aromatic nitrogens is 5. The summed E-state index contributed by atoms with van der Waals surface area (Å²) < 4.78 is 4.58. The summed E-state index contributed by atoms with van der Waals surface area (Å²) in [5.41, 5.74) is 11.7. The summed E-state index contributed by atoms with van der Waals surface area (Å²) in [4.78, 5) is 14.8. The number of nitrogens with zero attached hydrogens (tertiary/aromatic N) is 5. The minimum Gasteiger partial charge on any atom is -0.355 e. The number of rotatable bonds is 8. The number of anilines is 2. The topological polar surface area (TPSA) is 84.4 Å². The first-order valence-electron chi connectivity index (χ1n) is 19.6. The predicted octanol–water partition coefficient (Wildman–Crippen LogP) is 12.8. The van der Waals surface area contributed by atoms with E-state index < -0.39 is 0 Å². The molecule has 0 radical (unpaired) electrons. The van der Waals surface area contributed by atoms with Gasteiger partial charge in [0.25, 0.3) is 0 Å². The molecule has 0 amide bonds. The first kappa shape index (κ1) is 34.1. The fourth-order valence-electron chi connectivity index (χ4n) is 8.36. The average molecular weight is 758 g/mol. The summed E-state index contributed by atoms with van der Waals surface area (Å²) in [5.74, 6) is 1.88. The maximum Gasteiger partial charge on any atom is 0.164 e. The number of hydrogen-bond acceptors (Lipinski definition) is 5. The molecule has 0 saturated heterocycles. The number of hydrogen-bond donors (Lipinski definition) is 2. The van der Waals surface area contributed by atoms with Crippen LogP contribution in [0.2, 0.25) is 0 Å². The monoisotopic (exact) mass is 757 g/mol. The van der Waals surface area contributed by atoms with E-state index in [-0.39, 0.29) is 0 Å². The first-order valence-corrected chi connectivity index (χ1v) is 19.6. The lowest BCUT2D eigenvalue weighted by molar-refractivity contribution is 1.07. The highest BCUT2D eigenvalue weighted by Gasteiger charge is 2.19. The van der Waals surface area contributed by atoms with Crippen LogP contribution < -0.4 is 5.32 Å². The molecular weight excluding hydrogens is 723 g/mol. The van der Waals surface area contributed by atoms with Crippen molar-refractivity contribution in [3.05, 3.63) is 200 Å². The Bertz CT molecular complexity index is 3290. The van der Waals surface area contributed by atoms with E-state index in [0.717, 1.165) is 83.2 Å². The van der Waals surface area contributed by atoms with Crippen molar-refractivity contribution < 1.29 is 0 Å². The third kappa shape index (κ3) is 5.83. The van der Waals surface area contributed by atoms with Crippen LogP contribution in [0.15, 0.2) is 194 Å². The van der Waals surface area contributed by atoms with Crippen molar-refractivity contribution in [2.45, 2.75) is 0 Å². The molecule has 7 nitrogen and oxygen atoms in total. The van der Waals surface area contributed by atoms with Gasteiger partial charge in [-0.15, -0.1) is 0 Å². The Morgan fingerprint density at radius 3 is 1.49 bits per heavy atom. The van der Waals surface area contributed by atoms with Gasteiger partial charge in [0.15, 0.2) is 17.5 Å². The molecule has 0 aliphatic rings. The van der Waals surface area contributed by atoms with E-state index in [0.29, 0.717) is 17.5 Å². The van der Waals surface area contributed by atoms with Gasteiger partial charge in [0, 0.05) is 72.8 Å². The van der Waals surface area contributed by atoms with E-state index in [2.05, 4.69) is 142 Å². The molecule has 7 heteroatoms. The van der Waals surface area contributed by atoms with Gasteiger partial charge in [-0.2, -0.15) is 0 Å². The molecule has 59 heavy (non-hydrogen) atoms. The quantitative estimate of drug-likeness (QED) is 0.151. The van der Waals surface area contributed by atoms with Crippen molar-refractivity contribution in [2.24, 2.45) is 0 Å². The molecule has 0 aliphatic heterocycles. The average Bonchev–Trinajstić information content (AvgIpc) is 3.82. The summed E-state index contributed by atoms with van der Waals surface area (Å²) in [5, 5.41) is 17.0. The van der Waals surface area contributed by atoms with Crippen LogP contribution in [-0.4, -0.2) is 30.3 Å². The van der Waals surface area contributed by atoms with E-state index in [1.165, 1.54) is 11.6 Å². The largest absolute Gasteiger partial charge is 0.355 e. The van der Waals surface area contributed by atoms with Gasteiger partial charge in [-0.25, -0.2) is 15.0 Å². The molecule has 0 spiro atoms. The van der Waals surface area contributed by atoms with E-state index in [1.54, 1.807) is 0 Å². The third-order valence-corrected chi connectivity index (χ3v) is 11.1. The minimum absolute atomic E-state index is 0.614. The normalized spacial score (nSPS) is 11.5. The van der Waals surface area contributed by atoms with Crippen molar-refractivity contribution in [2.75, 3.05) is 5.32 Å². The molecule has 11 rings (SSSR count). The van der Waals surface area contributed by atoms with Gasteiger partial charge >= 0.3 is 0 Å². The van der Waals surface area contributed by atoms with Crippen molar-refractivity contribution in [3.8, 4) is 45.5 Å². The Morgan fingerprint density at radius 2 is 0.881 bits per heavy atom. The zero-order valence-electron chi connectivity index (χ0n) is 31.8. The number of nitrogens with one attached hydrogen (secondary N) is 2. The van der Waals surface area contributed by atoms with Crippen LogP contribution in [0.3, 0.4) is 0 Å². The highest BCUT2D eigenvalue weighted by atomic mass is 15.0. The van der Waals surface area contributed by atoms with Crippen LogP contribution in [0, 0.1) is 5.41 Å². The lowest BCUT2D eigenvalue weighted by Gasteiger charge is -2.15. The molecule has 278 valence electrons. The maximum atomic E-state index is 8.71. The molecule has 0 saturated carbocycles. The Balaban J connectivity index is 1.02. The molecule has 0 aliphatic carbocycles. The molecule has 8 aromatic carbocycles. The zero-order chi connectivity index (χ0) is 39.3. The maximum absolute atomic E-state index is 8.71. The van der Waals surface area contributed by atoms with Crippen molar-refractivity contribution in [3.63, 3.8) is 0 Å². The van der Waals surface area contributed by atoms with Crippen LogP contribution in [-0.2, 0) is 0 Å². The molecular formula is C52H35N7. The fourth-order valence-corrected chi connectivity index (χ4v) is 8.36. The van der Waals surface area contributed by atoms with Gasteiger partial charge in [-0.1, -0.05) is 127 Å². The SMILES string of the molecule is N=Cc1c(Nc2ccc3c4ccccc4n(-c4ccc(-c5nc(-c6ccccc6)nc(-c6ccccc6)n5)cc4)c3c2)ccc2c3ccccc3n(-c3ccccc3)c12. The molecule has 2 N–H and O–H groups in total. The van der Waals surface area contributed by atoms with Crippen LogP contribution in [0.1, 0.15) is 5.56 Å². The van der Waals surface area contributed by atoms with E-state index in [1.807, 2.05) is 66.7 Å². The molecule has 3 aromatic heterocycles. The van der Waals surface area contributed by atoms with Crippen LogP contribution in [0.25, 0.3) is 89.2 Å². The third-order valence-electron chi connectivity index (χ3n) is 11.1. The van der Waals surface area contributed by atoms with Gasteiger partial charge in [0.2, 0.25) is 0 Å². The summed E-state index contributed by atoms with van der Waals surface area (Å²) in [7, 11) is 0. The molecule has 0 bridgehead atoms. The summed E-state index contributed by atoms with van der Waals surface area (Å²) >= 11 is 0. The van der Waals surface area contributed by atoms with E-state index in [4.69, 9.17) is 20.4 Å². The second-order valence-corrected chi connectivity index (χ2v) is 14.6. The lowest BCUT2D eigenvalue weighted by atomic mass is 10.1. The van der Waals surface area contributed by atoms with E-state index >= 15 is 0 Å². The van der Waals surface area contributed by atoms with Gasteiger partial charge in [0.05, 0.1) is 22.1 Å². The van der Waals surface area contributed by atoms with Crippen LogP contribution in [0.4, 0.5) is 11.4 Å². The van der Waals surface area contributed by atoms with Crippen LogP contribution >= 0.6 is 0 Å². The van der Waals surface area contributed by atoms with Gasteiger partial charge < -0.3 is 19.9 Å². The molecule has 11 aromatic rings. The highest BCUT2D eigenvalue weighted by molar-refractivity contribution is 6.16. The Morgan fingerprint density at radius 1 is 0.407 bits per heavy atom. The number of benzene rings is 8. The zero-order valence-corrected chi connectivity index (χ0v) is 31.8. The Hall–Kier alpha value is -8.16. The second-order valence-electron chi connectivity index (χ2n) is 14.6. The van der Waals surface area contributed by atoms with Crippen LogP contribution in [0.5, 0.6) is 0 Å². The number of para-hydroxylation sites is 3. The second kappa shape index (κ2) is 14.1. The molecule has 0 atom stereocenters. The van der Waals surface area contributed by atoms with Crippen molar-refractivity contribution >= 4 is 61.2 Å². The van der Waals surface area contributed by atoms with E-state index in [9.17, 15) is 0 Å². The first-order chi connectivity index (χ1) is 29.2. The van der Waals surface area contributed by atoms with Crippen molar-refractivity contribution in [1.82, 2.24) is 24.1 Å². The summed E-state index contributed by atoms with van der Waals surface area (Å²) in [6.45, 7) is 0. The van der Waals surface area contributed by atoms with Gasteiger partial charge in [-0.05, 0) is 66.7 Å². The standard InChI is InChI=1S/C52H35N7/c53-33-44-45(31-30-43-41-21-11-13-23-47(41)59(49(43)44)38-18-8-3-9-19-38)54-37-26-29-42-40-20-10-12-22-46(40)58(48(42)32-37)39-27-24-36(25-28-39)52-56-50(34-14-4-1-5-15-34)55-51(57-52)35-16-6-2-7-17-35/h1-33,53-54H.